The van der Waals surface area contributed by atoms with Crippen LogP contribution in [0, 0.1) is 11.7 Å². The topological polar surface area (TPSA) is 201 Å². The molecule has 1 aromatic carbocycles. The van der Waals surface area contributed by atoms with Crippen molar-refractivity contribution in [3.05, 3.63) is 60.0 Å². The van der Waals surface area contributed by atoms with Crippen LogP contribution in [0.3, 0.4) is 0 Å². The molecule has 3 aliphatic heterocycles. The summed E-state index contributed by atoms with van der Waals surface area (Å²) in [7, 11) is -3.98. The lowest BCUT2D eigenvalue weighted by Crippen LogP contribution is -2.60. The van der Waals surface area contributed by atoms with Gasteiger partial charge in [-0.2, -0.15) is 0 Å². The standard InChI is InChI=1S/C37H47FN6O10S/c1-5-30(45)42-15-8-6-7-11-23-17-37(23,33(48)41-55(51,52)25-13-14-25)40-31(46)29-16-24(53-35(50)43-18-22-10-9-12-27(38)26(22)20-43)19-44(29)32(47)28(21-42)39-34(49)54-36(2,3)4/h5,7,9-12,23-25,28-29H,1,6,8,13-21H2,2-4H3,(H,39,49)(H,40,46)(H,41,48)/b11-7-/t23-,24+,28+,29+,37-/m1/s1. The lowest BCUT2D eigenvalue weighted by atomic mass is 10.1. The number of benzene rings is 1. The van der Waals surface area contributed by atoms with Gasteiger partial charge in [-0.05, 0) is 70.6 Å². The molecule has 0 spiro atoms. The van der Waals surface area contributed by atoms with Crippen molar-refractivity contribution in [2.45, 2.75) is 107 Å². The van der Waals surface area contributed by atoms with Gasteiger partial charge in [0.15, 0.2) is 0 Å². The second-order valence-electron chi connectivity index (χ2n) is 15.7. The molecule has 1 saturated heterocycles. The number of rotatable bonds is 6. The average Bonchev–Trinajstić information content (AvgIpc) is 3.99. The van der Waals surface area contributed by atoms with Crippen LogP contribution in [0.15, 0.2) is 43.0 Å². The molecule has 6 amide bonds. The highest BCUT2D eigenvalue weighted by atomic mass is 32.2. The van der Waals surface area contributed by atoms with Crippen LogP contribution in [0.2, 0.25) is 0 Å². The van der Waals surface area contributed by atoms with Gasteiger partial charge in [0, 0.05) is 31.0 Å². The number of fused-ring (bicyclic) bond motifs is 3. The molecule has 2 aliphatic carbocycles. The molecule has 0 bridgehead atoms. The Bertz CT molecular complexity index is 1910. The van der Waals surface area contributed by atoms with E-state index in [9.17, 15) is 41.6 Å². The van der Waals surface area contributed by atoms with Gasteiger partial charge in [0.05, 0.1) is 24.9 Å². The van der Waals surface area contributed by atoms with Crippen molar-refractivity contribution in [2.75, 3.05) is 19.6 Å². The Labute approximate surface area is 318 Å². The molecule has 0 unspecified atom stereocenters. The fraction of sp³-hybridized carbons (Fsp3) is 0.568. The molecule has 3 heterocycles. The molecule has 55 heavy (non-hydrogen) atoms. The number of carbonyl (C=O) groups excluding carboxylic acids is 6. The Kier molecular flexibility index (Phi) is 11.0. The fourth-order valence-corrected chi connectivity index (χ4v) is 8.57. The van der Waals surface area contributed by atoms with E-state index in [-0.39, 0.29) is 45.6 Å². The number of hydrogen-bond donors (Lipinski definition) is 3. The highest BCUT2D eigenvalue weighted by Gasteiger charge is 2.62. The Morgan fingerprint density at radius 2 is 1.84 bits per heavy atom. The number of nitrogens with one attached hydrogen (secondary N) is 3. The summed E-state index contributed by atoms with van der Waals surface area (Å²) >= 11 is 0. The summed E-state index contributed by atoms with van der Waals surface area (Å²) in [5.74, 6) is -4.10. The summed E-state index contributed by atoms with van der Waals surface area (Å²) in [6, 6.07) is 1.71. The third kappa shape index (κ3) is 8.95. The Balaban J connectivity index is 1.31. The largest absolute Gasteiger partial charge is 0.444 e. The fourth-order valence-electron chi connectivity index (χ4n) is 7.21. The van der Waals surface area contributed by atoms with Crippen LogP contribution < -0.4 is 15.4 Å². The normalized spacial score (nSPS) is 27.6. The molecule has 18 heteroatoms. The minimum absolute atomic E-state index is 0.0501. The zero-order chi connectivity index (χ0) is 39.9. The summed E-state index contributed by atoms with van der Waals surface area (Å²) in [4.78, 5) is 85.8. The first-order valence-corrected chi connectivity index (χ1v) is 19.9. The van der Waals surface area contributed by atoms with Crippen LogP contribution in [-0.2, 0) is 51.8 Å². The zero-order valence-corrected chi connectivity index (χ0v) is 31.9. The first kappa shape index (κ1) is 39.7. The lowest BCUT2D eigenvalue weighted by molar-refractivity contribution is -0.142. The van der Waals surface area contributed by atoms with E-state index in [0.29, 0.717) is 36.8 Å². The number of carbonyl (C=O) groups is 6. The maximum absolute atomic E-state index is 14.6. The van der Waals surface area contributed by atoms with Gasteiger partial charge < -0.3 is 29.9 Å². The highest BCUT2D eigenvalue weighted by Crippen LogP contribution is 2.46. The second-order valence-corrected chi connectivity index (χ2v) is 17.6. The van der Waals surface area contributed by atoms with Crippen molar-refractivity contribution in [1.82, 2.24) is 30.1 Å². The van der Waals surface area contributed by atoms with Crippen molar-refractivity contribution >= 4 is 45.8 Å². The predicted molar refractivity (Wildman–Crippen MR) is 193 cm³/mol. The maximum atomic E-state index is 14.6. The number of alkyl carbamates (subject to hydrolysis) is 1. The van der Waals surface area contributed by atoms with Crippen LogP contribution in [0.25, 0.3) is 0 Å². The van der Waals surface area contributed by atoms with E-state index in [0.717, 1.165) is 11.0 Å². The van der Waals surface area contributed by atoms with Gasteiger partial charge in [-0.25, -0.2) is 22.4 Å². The molecule has 3 fully saturated rings. The van der Waals surface area contributed by atoms with Gasteiger partial charge in [0.25, 0.3) is 5.91 Å². The number of ether oxygens (including phenoxy) is 2. The van der Waals surface area contributed by atoms with E-state index in [1.165, 1.54) is 21.9 Å². The van der Waals surface area contributed by atoms with Crippen molar-refractivity contribution in [3.63, 3.8) is 0 Å². The molecule has 0 radical (unpaired) electrons. The molecule has 2 saturated carbocycles. The molecule has 298 valence electrons. The van der Waals surface area contributed by atoms with Gasteiger partial charge in [-0.15, -0.1) is 0 Å². The average molecular weight is 787 g/mol. The quantitative estimate of drug-likeness (QED) is 0.283. The molecule has 6 rings (SSSR count). The zero-order valence-electron chi connectivity index (χ0n) is 31.0. The minimum Gasteiger partial charge on any atom is -0.444 e. The molecule has 1 aromatic rings. The summed E-state index contributed by atoms with van der Waals surface area (Å²) in [6.45, 7) is 7.99. The third-order valence-corrected chi connectivity index (χ3v) is 12.1. The van der Waals surface area contributed by atoms with Gasteiger partial charge >= 0.3 is 12.2 Å². The summed E-state index contributed by atoms with van der Waals surface area (Å²) < 4.78 is 53.5. The van der Waals surface area contributed by atoms with Crippen LogP contribution >= 0.6 is 0 Å². The number of sulfonamides is 1. The number of nitrogens with zero attached hydrogens (tertiary/aromatic N) is 3. The van der Waals surface area contributed by atoms with Crippen LogP contribution in [0.5, 0.6) is 0 Å². The Morgan fingerprint density at radius 3 is 2.51 bits per heavy atom. The highest BCUT2D eigenvalue weighted by molar-refractivity contribution is 7.91. The van der Waals surface area contributed by atoms with Crippen LogP contribution in [0.1, 0.15) is 70.4 Å². The smallest absolute Gasteiger partial charge is 0.410 e. The number of hydrogen-bond acceptors (Lipinski definition) is 10. The minimum atomic E-state index is -3.98. The number of allylic oxidation sites excluding steroid dienone is 1. The third-order valence-electron chi connectivity index (χ3n) is 10.3. The van der Waals surface area contributed by atoms with Gasteiger partial charge in [0.2, 0.25) is 27.7 Å². The van der Waals surface area contributed by atoms with Gasteiger partial charge in [0.1, 0.15) is 35.1 Å². The molecule has 5 atom stereocenters. The Hall–Kier alpha value is -5.00. The van der Waals surface area contributed by atoms with Crippen molar-refractivity contribution < 1.29 is 51.0 Å². The predicted octanol–water partition coefficient (Wildman–Crippen LogP) is 1.99. The van der Waals surface area contributed by atoms with E-state index in [1.54, 1.807) is 39.0 Å². The van der Waals surface area contributed by atoms with Gasteiger partial charge in [-0.1, -0.05) is 30.9 Å². The summed E-state index contributed by atoms with van der Waals surface area (Å²) in [5, 5.41) is 4.58. The van der Waals surface area contributed by atoms with E-state index < -0.39 is 92.2 Å². The number of halogens is 1. The molecular formula is C37H47FN6O10S. The lowest BCUT2D eigenvalue weighted by Gasteiger charge is -2.32. The first-order chi connectivity index (χ1) is 25.9. The second kappa shape index (κ2) is 15.3. The molecular weight excluding hydrogens is 740 g/mol. The van der Waals surface area contributed by atoms with E-state index in [1.807, 2.05) is 0 Å². The SMILES string of the molecule is C=CC(=O)N1CCC/C=C\[C@@H]2C[C@@]2(C(=O)NS(=O)(=O)C2CC2)NC(=O)[C@@H]2C[C@H](OC(=O)N3Cc4cccc(F)c4C3)CN2C(=O)[C@@H](NC(=O)OC(C)(C)C)C1. The van der Waals surface area contributed by atoms with E-state index in [4.69, 9.17) is 9.47 Å². The van der Waals surface area contributed by atoms with Crippen molar-refractivity contribution in [1.29, 1.82) is 0 Å². The summed E-state index contributed by atoms with van der Waals surface area (Å²) in [6.07, 6.45) is 3.24. The summed E-state index contributed by atoms with van der Waals surface area (Å²) in [5.41, 5.74) is -1.64. The first-order valence-electron chi connectivity index (χ1n) is 18.4. The molecule has 0 aromatic heterocycles. The monoisotopic (exact) mass is 786 g/mol. The van der Waals surface area contributed by atoms with Crippen molar-refractivity contribution in [2.24, 2.45) is 5.92 Å². The van der Waals surface area contributed by atoms with Crippen LogP contribution in [0.4, 0.5) is 14.0 Å². The van der Waals surface area contributed by atoms with E-state index >= 15 is 0 Å². The van der Waals surface area contributed by atoms with Gasteiger partial charge in [-0.3, -0.25) is 28.8 Å². The van der Waals surface area contributed by atoms with Crippen molar-refractivity contribution in [3.8, 4) is 0 Å². The Morgan fingerprint density at radius 1 is 1.09 bits per heavy atom. The molecule has 5 aliphatic rings. The van der Waals surface area contributed by atoms with E-state index in [2.05, 4.69) is 21.9 Å². The molecule has 16 nitrogen and oxygen atoms in total. The molecule has 3 N–H and O–H groups in total. The van der Waals surface area contributed by atoms with Crippen LogP contribution in [-0.4, -0.2) is 113 Å². The maximum Gasteiger partial charge on any atom is 0.410 e. The number of amides is 6.